The number of fused-ring (bicyclic) bond motifs is 1. The van der Waals surface area contributed by atoms with Crippen LogP contribution in [0.4, 0.5) is 0 Å². The molecule has 0 radical (unpaired) electrons. The molecule has 2 aliphatic heterocycles. The third kappa shape index (κ3) is 10.7. The molecule has 9 nitrogen and oxygen atoms in total. The molecule has 0 unspecified atom stereocenters. The van der Waals surface area contributed by atoms with Crippen molar-refractivity contribution in [3.8, 4) is 0 Å². The summed E-state index contributed by atoms with van der Waals surface area (Å²) in [6.45, 7) is 13.9. The van der Waals surface area contributed by atoms with Crippen LogP contribution in [0.1, 0.15) is 123 Å². The number of carbonyl (C=O) groups is 3. The van der Waals surface area contributed by atoms with Crippen molar-refractivity contribution in [2.24, 2.45) is 23.0 Å². The fourth-order valence-electron chi connectivity index (χ4n) is 6.55. The summed E-state index contributed by atoms with van der Waals surface area (Å²) in [4.78, 5) is 44.8. The number of hydrogen-bond donors (Lipinski definition) is 3. The molecular weight excluding hydrogens is 590 g/mol. The molecule has 3 rings (SSSR count). The third-order valence-corrected chi connectivity index (χ3v) is 10.7. The van der Waals surface area contributed by atoms with E-state index in [1.165, 1.54) is 0 Å². The van der Waals surface area contributed by atoms with Crippen molar-refractivity contribution in [1.29, 1.82) is 0 Å². The Hall–Kier alpha value is -2.14. The monoisotopic (exact) mass is 647 g/mol. The molecule has 2 aliphatic rings. The summed E-state index contributed by atoms with van der Waals surface area (Å²) in [5.74, 6) is -1.56. The second-order valence-electron chi connectivity index (χ2n) is 14.2. The molecule has 3 heterocycles. The van der Waals surface area contributed by atoms with E-state index in [1.807, 2.05) is 32.2 Å². The number of ketones is 1. The van der Waals surface area contributed by atoms with E-state index in [0.717, 1.165) is 67.6 Å². The van der Waals surface area contributed by atoms with Crippen molar-refractivity contribution in [2.45, 2.75) is 149 Å². The van der Waals surface area contributed by atoms with Gasteiger partial charge in [-0.1, -0.05) is 53.4 Å². The molecule has 0 spiro atoms. The van der Waals surface area contributed by atoms with Crippen molar-refractivity contribution in [3.05, 3.63) is 21.7 Å². The highest BCUT2D eigenvalue weighted by molar-refractivity contribution is 7.09. The van der Waals surface area contributed by atoms with Gasteiger partial charge in [0.1, 0.15) is 11.9 Å². The number of hydrogen-bond acceptors (Lipinski definition) is 9. The molecule has 2 fully saturated rings. The lowest BCUT2D eigenvalue weighted by Crippen LogP contribution is -2.48. The summed E-state index contributed by atoms with van der Waals surface area (Å²) in [5, 5.41) is 17.3. The summed E-state index contributed by atoms with van der Waals surface area (Å²) >= 11 is 1.57. The number of ether oxygens (including phenoxy) is 2. The maximum atomic E-state index is 13.9. The van der Waals surface area contributed by atoms with Crippen LogP contribution in [0.3, 0.4) is 0 Å². The van der Waals surface area contributed by atoms with Crippen LogP contribution in [-0.2, 0) is 23.9 Å². The van der Waals surface area contributed by atoms with Crippen molar-refractivity contribution in [3.63, 3.8) is 0 Å². The van der Waals surface area contributed by atoms with Gasteiger partial charge in [0, 0.05) is 18.2 Å². The van der Waals surface area contributed by atoms with Gasteiger partial charge >= 0.3 is 5.97 Å². The first-order valence-electron chi connectivity index (χ1n) is 16.9. The molecular formula is C35H57N3O6S. The van der Waals surface area contributed by atoms with Gasteiger partial charge in [0.05, 0.1) is 52.3 Å². The number of rotatable bonds is 10. The van der Waals surface area contributed by atoms with Gasteiger partial charge in [-0.3, -0.25) is 14.4 Å². The lowest BCUT2D eigenvalue weighted by Gasteiger charge is -2.36. The molecule has 0 aliphatic carbocycles. The van der Waals surface area contributed by atoms with Crippen LogP contribution >= 0.6 is 11.3 Å². The Labute approximate surface area is 274 Å². The Morgan fingerprint density at radius 2 is 1.89 bits per heavy atom. The van der Waals surface area contributed by atoms with Gasteiger partial charge in [-0.2, -0.15) is 0 Å². The van der Waals surface area contributed by atoms with Crippen LogP contribution in [-0.4, -0.2) is 64.2 Å². The summed E-state index contributed by atoms with van der Waals surface area (Å²) < 4.78 is 12.2. The van der Waals surface area contributed by atoms with E-state index in [9.17, 15) is 19.5 Å². The number of aliphatic hydroxyl groups is 1. The minimum atomic E-state index is -1.22. The van der Waals surface area contributed by atoms with E-state index in [1.54, 1.807) is 32.1 Å². The van der Waals surface area contributed by atoms with E-state index in [2.05, 4.69) is 17.2 Å². The first-order valence-corrected chi connectivity index (χ1v) is 17.7. The predicted octanol–water partition coefficient (Wildman–Crippen LogP) is 5.90. The van der Waals surface area contributed by atoms with Gasteiger partial charge in [0.15, 0.2) is 0 Å². The van der Waals surface area contributed by atoms with E-state index >= 15 is 0 Å². The second kappa shape index (κ2) is 16.6. The highest BCUT2D eigenvalue weighted by atomic mass is 32.1. The molecule has 1 amide bonds. The van der Waals surface area contributed by atoms with Gasteiger partial charge in [0.25, 0.3) is 0 Å². The zero-order valence-corrected chi connectivity index (χ0v) is 29.3. The third-order valence-electron chi connectivity index (χ3n) is 9.88. The Morgan fingerprint density at radius 3 is 2.56 bits per heavy atom. The number of aryl methyl sites for hydroxylation is 1. The maximum absolute atomic E-state index is 13.9. The van der Waals surface area contributed by atoms with Crippen LogP contribution < -0.4 is 11.1 Å². The minimum absolute atomic E-state index is 0.0214. The number of epoxide rings is 1. The van der Waals surface area contributed by atoms with Crippen molar-refractivity contribution >= 4 is 35.1 Å². The molecule has 7 atom stereocenters. The van der Waals surface area contributed by atoms with Crippen molar-refractivity contribution < 1.29 is 29.0 Å². The Balaban J connectivity index is 1.78. The number of nitrogens with one attached hydrogen (secondary N) is 1. The Kier molecular flexibility index (Phi) is 13.8. The maximum Gasteiger partial charge on any atom is 0.306 e. The van der Waals surface area contributed by atoms with Crippen LogP contribution in [0, 0.1) is 24.2 Å². The number of carbonyl (C=O) groups excluding carboxylic acids is 3. The fourth-order valence-corrected chi connectivity index (χ4v) is 7.12. The summed E-state index contributed by atoms with van der Waals surface area (Å²) in [7, 11) is 0. The quantitative estimate of drug-likeness (QED) is 0.162. The fraction of sp³-hybridized carbons (Fsp3) is 0.771. The number of nitrogens with two attached hydrogens (primary N) is 1. The van der Waals surface area contributed by atoms with E-state index in [-0.39, 0.29) is 47.7 Å². The minimum Gasteiger partial charge on any atom is -0.461 e. The predicted molar refractivity (Wildman–Crippen MR) is 179 cm³/mol. The average Bonchev–Trinajstić information content (AvgIpc) is 3.42. The standard InChI is InChI=1S/C35H57N3O6S/c1-22-14-13-16-35(7)29(44-35)19-27(23(2)18-26-21-45-25(4)37-26)38-30(40)20-28(39)34(5,6)33(42)24(3)32(22)43-31(41)15-11-9-8-10-12-17-36/h18,21-22,24,27-29,32,39H,8-17,19-20,36H2,1-7H3,(H,38,40)/b23-18+/t22-,24+,27-,28-,29-,32-,35+/m0/s1. The summed E-state index contributed by atoms with van der Waals surface area (Å²) in [6.07, 6.45) is 8.01. The zero-order valence-electron chi connectivity index (χ0n) is 28.5. The highest BCUT2D eigenvalue weighted by Gasteiger charge is 2.52. The Morgan fingerprint density at radius 1 is 1.20 bits per heavy atom. The van der Waals surface area contributed by atoms with Crippen LogP contribution in [0.5, 0.6) is 0 Å². The van der Waals surface area contributed by atoms with Gasteiger partial charge < -0.3 is 25.6 Å². The first-order chi connectivity index (χ1) is 21.2. The molecule has 0 saturated carbocycles. The molecule has 0 bridgehead atoms. The normalized spacial score (nSPS) is 31.6. The van der Waals surface area contributed by atoms with Gasteiger partial charge in [-0.15, -0.1) is 11.3 Å². The number of aromatic nitrogens is 1. The molecule has 10 heteroatoms. The number of esters is 1. The van der Waals surface area contributed by atoms with Crippen LogP contribution in [0.25, 0.3) is 6.08 Å². The molecule has 1 aromatic heterocycles. The summed E-state index contributed by atoms with van der Waals surface area (Å²) in [6, 6.07) is -0.299. The van der Waals surface area contributed by atoms with E-state index in [0.29, 0.717) is 19.4 Å². The lowest BCUT2D eigenvalue weighted by atomic mass is 9.72. The number of Topliss-reactive ketones (excluding diaryl/α,β-unsaturated/α-hetero) is 1. The van der Waals surface area contributed by atoms with Crippen LogP contribution in [0.15, 0.2) is 11.0 Å². The number of nitrogens with zero attached hydrogens (tertiary/aromatic N) is 1. The second-order valence-corrected chi connectivity index (χ2v) is 15.2. The number of amides is 1. The van der Waals surface area contributed by atoms with E-state index in [4.69, 9.17) is 15.2 Å². The smallest absolute Gasteiger partial charge is 0.306 e. The van der Waals surface area contributed by atoms with Gasteiger partial charge in [-0.25, -0.2) is 4.98 Å². The first kappa shape index (κ1) is 37.3. The van der Waals surface area contributed by atoms with E-state index < -0.39 is 23.5 Å². The van der Waals surface area contributed by atoms with Crippen molar-refractivity contribution in [1.82, 2.24) is 10.3 Å². The average molecular weight is 648 g/mol. The SMILES string of the molecule is C/C(=C\c1csc(C)n1)[C@@H]1C[C@@H]2O[C@]2(C)CCC[C@H](C)[C@H](OC(=O)CCCCCCCN)[C@@H](C)C(=O)C(C)(C)[C@@H](O)CC(=O)N1. The lowest BCUT2D eigenvalue weighted by molar-refractivity contribution is -0.160. The molecule has 254 valence electrons. The summed E-state index contributed by atoms with van der Waals surface area (Å²) in [5.41, 5.74) is 5.85. The number of thiazole rings is 1. The van der Waals surface area contributed by atoms with Crippen LogP contribution in [0.2, 0.25) is 0 Å². The molecule has 0 aromatic carbocycles. The zero-order chi connectivity index (χ0) is 33.4. The Bertz CT molecular complexity index is 1180. The highest BCUT2D eigenvalue weighted by Crippen LogP contribution is 2.44. The molecule has 1 aromatic rings. The largest absolute Gasteiger partial charge is 0.461 e. The molecule has 4 N–H and O–H groups in total. The van der Waals surface area contributed by atoms with Gasteiger partial charge in [-0.05, 0) is 70.6 Å². The molecule has 45 heavy (non-hydrogen) atoms. The molecule has 2 saturated heterocycles. The number of unbranched alkanes of at least 4 members (excludes halogenated alkanes) is 4. The number of aliphatic hydroxyl groups excluding tert-OH is 1. The van der Waals surface area contributed by atoms with Crippen molar-refractivity contribution in [2.75, 3.05) is 6.54 Å². The topological polar surface area (TPSA) is 144 Å². The van der Waals surface area contributed by atoms with Gasteiger partial charge in [0.2, 0.25) is 5.91 Å².